The third kappa shape index (κ3) is 5.67. The third-order valence-corrected chi connectivity index (χ3v) is 3.60. The minimum absolute atomic E-state index is 0.657. The summed E-state index contributed by atoms with van der Waals surface area (Å²) in [6, 6.07) is 8.74. The monoisotopic (exact) mass is 262 g/mol. The van der Waals surface area contributed by atoms with Crippen LogP contribution in [-0.2, 0) is 0 Å². The molecule has 0 spiro atoms. The molecule has 0 aromatic heterocycles. The Labute approximate surface area is 119 Å². The van der Waals surface area contributed by atoms with Crippen LogP contribution in [0.15, 0.2) is 24.3 Å². The molecule has 1 nitrogen and oxygen atoms in total. The topological polar surface area (TPSA) is 9.23 Å². The maximum absolute atomic E-state index is 5.72. The van der Waals surface area contributed by atoms with E-state index in [-0.39, 0.29) is 0 Å². The summed E-state index contributed by atoms with van der Waals surface area (Å²) >= 11 is 0. The normalized spacial score (nSPS) is 13.0. The fourth-order valence-corrected chi connectivity index (χ4v) is 2.45. The summed E-state index contributed by atoms with van der Waals surface area (Å²) in [7, 11) is 0. The lowest BCUT2D eigenvalue weighted by molar-refractivity contribution is 0.309. The van der Waals surface area contributed by atoms with E-state index in [1.54, 1.807) is 0 Å². The first kappa shape index (κ1) is 16.1. The van der Waals surface area contributed by atoms with Crippen molar-refractivity contribution < 1.29 is 4.74 Å². The average molecular weight is 262 g/mol. The molecule has 0 amide bonds. The van der Waals surface area contributed by atoms with Gasteiger partial charge in [0.1, 0.15) is 5.75 Å². The van der Waals surface area contributed by atoms with Crippen molar-refractivity contribution in [1.82, 2.24) is 0 Å². The number of hydrogen-bond acceptors (Lipinski definition) is 1. The van der Waals surface area contributed by atoms with E-state index in [0.717, 1.165) is 24.7 Å². The molecule has 1 aromatic rings. The molecular formula is C18H30O. The van der Waals surface area contributed by atoms with Crippen LogP contribution in [-0.4, -0.2) is 6.61 Å². The fraction of sp³-hybridized carbons (Fsp3) is 0.667. The second-order valence-electron chi connectivity index (χ2n) is 6.25. The quantitative estimate of drug-likeness (QED) is 0.550. The molecule has 1 atom stereocenters. The standard InChI is InChI=1S/C18H30O/c1-6-7-12-19-17-10-8-16(9-11-17)18(15(4)5)13-14(2)3/h8-11,14-15,18H,6-7,12-13H2,1-5H3. The molecule has 0 heterocycles. The summed E-state index contributed by atoms with van der Waals surface area (Å²) in [4.78, 5) is 0. The zero-order chi connectivity index (χ0) is 14.3. The van der Waals surface area contributed by atoms with E-state index in [0.29, 0.717) is 11.8 Å². The van der Waals surface area contributed by atoms with E-state index in [1.807, 2.05) is 0 Å². The van der Waals surface area contributed by atoms with Crippen molar-refractivity contribution in [3.05, 3.63) is 29.8 Å². The summed E-state index contributed by atoms with van der Waals surface area (Å²) in [6.07, 6.45) is 3.57. The largest absolute Gasteiger partial charge is 0.494 e. The van der Waals surface area contributed by atoms with Gasteiger partial charge in [-0.15, -0.1) is 0 Å². The molecule has 19 heavy (non-hydrogen) atoms. The molecule has 0 saturated carbocycles. The molecule has 0 aliphatic heterocycles. The van der Waals surface area contributed by atoms with Crippen LogP contribution in [0.3, 0.4) is 0 Å². The smallest absolute Gasteiger partial charge is 0.119 e. The van der Waals surface area contributed by atoms with Crippen LogP contribution in [0.4, 0.5) is 0 Å². The van der Waals surface area contributed by atoms with Crippen molar-refractivity contribution in [3.8, 4) is 5.75 Å². The van der Waals surface area contributed by atoms with Gasteiger partial charge in [-0.3, -0.25) is 0 Å². The van der Waals surface area contributed by atoms with Crippen LogP contribution in [0, 0.1) is 11.8 Å². The molecule has 108 valence electrons. The molecule has 1 heteroatoms. The van der Waals surface area contributed by atoms with Crippen molar-refractivity contribution in [3.63, 3.8) is 0 Å². The van der Waals surface area contributed by atoms with Gasteiger partial charge in [0.05, 0.1) is 6.61 Å². The van der Waals surface area contributed by atoms with Gasteiger partial charge < -0.3 is 4.74 Å². The van der Waals surface area contributed by atoms with E-state index in [9.17, 15) is 0 Å². The third-order valence-electron chi connectivity index (χ3n) is 3.60. The van der Waals surface area contributed by atoms with Crippen molar-refractivity contribution in [2.24, 2.45) is 11.8 Å². The van der Waals surface area contributed by atoms with E-state index in [4.69, 9.17) is 4.74 Å². The number of rotatable bonds is 8. The van der Waals surface area contributed by atoms with Crippen molar-refractivity contribution in [1.29, 1.82) is 0 Å². The highest BCUT2D eigenvalue weighted by atomic mass is 16.5. The van der Waals surface area contributed by atoms with Gasteiger partial charge in [0.2, 0.25) is 0 Å². The summed E-state index contributed by atoms with van der Waals surface area (Å²) in [5, 5.41) is 0. The summed E-state index contributed by atoms with van der Waals surface area (Å²) in [6.45, 7) is 12.3. The Kier molecular flexibility index (Phi) is 6.97. The second kappa shape index (κ2) is 8.24. The molecule has 0 fully saturated rings. The SMILES string of the molecule is CCCCOc1ccc(C(CC(C)C)C(C)C)cc1. The number of hydrogen-bond donors (Lipinski definition) is 0. The molecule has 0 aliphatic rings. The maximum atomic E-state index is 5.72. The van der Waals surface area contributed by atoms with Crippen LogP contribution in [0.5, 0.6) is 5.75 Å². The maximum Gasteiger partial charge on any atom is 0.119 e. The van der Waals surface area contributed by atoms with E-state index < -0.39 is 0 Å². The molecule has 1 unspecified atom stereocenters. The van der Waals surface area contributed by atoms with Gasteiger partial charge in [-0.2, -0.15) is 0 Å². The van der Waals surface area contributed by atoms with Crippen LogP contribution in [0.1, 0.15) is 65.4 Å². The van der Waals surface area contributed by atoms with Gasteiger partial charge in [0, 0.05) is 0 Å². The van der Waals surface area contributed by atoms with Gasteiger partial charge in [-0.1, -0.05) is 53.2 Å². The minimum Gasteiger partial charge on any atom is -0.494 e. The Morgan fingerprint density at radius 2 is 1.63 bits per heavy atom. The molecule has 1 aromatic carbocycles. The minimum atomic E-state index is 0.657. The Morgan fingerprint density at radius 1 is 1.00 bits per heavy atom. The lowest BCUT2D eigenvalue weighted by atomic mass is 9.82. The van der Waals surface area contributed by atoms with Gasteiger partial charge in [0.25, 0.3) is 0 Å². The molecule has 0 radical (unpaired) electrons. The average Bonchev–Trinajstić information content (AvgIpc) is 2.37. The highest BCUT2D eigenvalue weighted by Gasteiger charge is 2.17. The summed E-state index contributed by atoms with van der Waals surface area (Å²) in [5.74, 6) is 3.09. The molecule has 0 N–H and O–H groups in total. The molecule has 0 aliphatic carbocycles. The van der Waals surface area contributed by atoms with Gasteiger partial charge in [-0.25, -0.2) is 0 Å². The molecule has 0 bridgehead atoms. The van der Waals surface area contributed by atoms with Crippen molar-refractivity contribution in [2.45, 2.75) is 59.8 Å². The van der Waals surface area contributed by atoms with Crippen LogP contribution in [0.2, 0.25) is 0 Å². The van der Waals surface area contributed by atoms with Gasteiger partial charge in [-0.05, 0) is 48.3 Å². The Hall–Kier alpha value is -0.980. The molecule has 0 saturated heterocycles. The number of ether oxygens (including phenoxy) is 1. The van der Waals surface area contributed by atoms with Crippen LogP contribution < -0.4 is 4.74 Å². The fourth-order valence-electron chi connectivity index (χ4n) is 2.45. The Bertz CT molecular complexity index is 337. The first-order valence-electron chi connectivity index (χ1n) is 7.77. The Balaban J connectivity index is 2.66. The zero-order valence-corrected chi connectivity index (χ0v) is 13.3. The second-order valence-corrected chi connectivity index (χ2v) is 6.25. The highest BCUT2D eigenvalue weighted by molar-refractivity contribution is 5.29. The zero-order valence-electron chi connectivity index (χ0n) is 13.3. The first-order valence-corrected chi connectivity index (χ1v) is 7.77. The summed E-state index contributed by atoms with van der Waals surface area (Å²) in [5.41, 5.74) is 1.45. The lowest BCUT2D eigenvalue weighted by Crippen LogP contribution is -2.10. The predicted octanol–water partition coefficient (Wildman–Crippen LogP) is 5.65. The van der Waals surface area contributed by atoms with Crippen LogP contribution >= 0.6 is 0 Å². The van der Waals surface area contributed by atoms with E-state index in [2.05, 4.69) is 58.9 Å². The van der Waals surface area contributed by atoms with E-state index >= 15 is 0 Å². The Morgan fingerprint density at radius 3 is 2.11 bits per heavy atom. The first-order chi connectivity index (χ1) is 9.04. The molecular weight excluding hydrogens is 232 g/mol. The van der Waals surface area contributed by atoms with Crippen molar-refractivity contribution >= 4 is 0 Å². The predicted molar refractivity (Wildman–Crippen MR) is 83.9 cm³/mol. The van der Waals surface area contributed by atoms with Gasteiger partial charge >= 0.3 is 0 Å². The van der Waals surface area contributed by atoms with Gasteiger partial charge in [0.15, 0.2) is 0 Å². The summed E-state index contributed by atoms with van der Waals surface area (Å²) < 4.78 is 5.72. The highest BCUT2D eigenvalue weighted by Crippen LogP contribution is 2.31. The lowest BCUT2D eigenvalue weighted by Gasteiger charge is -2.23. The van der Waals surface area contributed by atoms with E-state index in [1.165, 1.54) is 18.4 Å². The van der Waals surface area contributed by atoms with Crippen LogP contribution in [0.25, 0.3) is 0 Å². The number of unbranched alkanes of at least 4 members (excludes halogenated alkanes) is 1. The van der Waals surface area contributed by atoms with Crippen molar-refractivity contribution in [2.75, 3.05) is 6.61 Å². The number of benzene rings is 1. The molecule has 1 rings (SSSR count).